The Hall–Kier alpha value is -2.03. The maximum atomic E-state index is 9.86. The molecule has 2 aliphatic heterocycles. The fourth-order valence-corrected chi connectivity index (χ4v) is 4.82. The lowest BCUT2D eigenvalue weighted by atomic mass is 9.96. The van der Waals surface area contributed by atoms with Crippen molar-refractivity contribution in [3.05, 3.63) is 52.6 Å². The van der Waals surface area contributed by atoms with Crippen LogP contribution in [0.3, 0.4) is 0 Å². The number of pyridine rings is 1. The topological polar surface area (TPSA) is 43.2 Å². The zero-order chi connectivity index (χ0) is 17.9. The Morgan fingerprint density at radius 2 is 1.88 bits per heavy atom. The molecule has 3 heterocycles. The molecule has 0 bridgehead atoms. The molecule has 5 heteroatoms. The molecule has 1 aromatic heterocycles. The van der Waals surface area contributed by atoms with Crippen molar-refractivity contribution < 1.29 is 0 Å². The summed E-state index contributed by atoms with van der Waals surface area (Å²) in [5.74, 6) is 1.97. The molecule has 0 aliphatic carbocycles. The van der Waals surface area contributed by atoms with E-state index in [9.17, 15) is 5.26 Å². The van der Waals surface area contributed by atoms with Crippen molar-refractivity contribution in [2.24, 2.45) is 0 Å². The maximum Gasteiger partial charge on any atom is 0.134 e. The lowest BCUT2D eigenvalue weighted by Crippen LogP contribution is -2.31. The van der Waals surface area contributed by atoms with Crippen molar-refractivity contribution >= 4 is 17.6 Å². The van der Waals surface area contributed by atoms with Crippen LogP contribution in [0.4, 0.5) is 5.82 Å². The molecular weight excluding hydrogens is 340 g/mol. The Morgan fingerprint density at radius 1 is 1.12 bits per heavy atom. The fraction of sp³-hybridized carbons (Fsp3) is 0.429. The SMILES string of the molecule is CN1CCc2c(C#N)c(SCc3ccccc3)nc(N3CCCC3)c2C1. The minimum absolute atomic E-state index is 0.803. The van der Waals surface area contributed by atoms with Crippen LogP contribution < -0.4 is 4.90 Å². The standard InChI is InChI=1S/C21H24N4S/c1-24-12-9-17-18(13-22)21(26-15-16-7-3-2-4-8-16)23-20(19(17)14-24)25-10-5-6-11-25/h2-4,7-8H,5-6,9-12,14-15H2,1H3. The Labute approximate surface area is 159 Å². The number of hydrogen-bond donors (Lipinski definition) is 0. The second-order valence-corrected chi connectivity index (χ2v) is 8.10. The summed E-state index contributed by atoms with van der Waals surface area (Å²) < 4.78 is 0. The summed E-state index contributed by atoms with van der Waals surface area (Å²) in [6.45, 7) is 4.07. The van der Waals surface area contributed by atoms with Gasteiger partial charge >= 0.3 is 0 Å². The molecule has 1 saturated heterocycles. The Bertz CT molecular complexity index is 822. The van der Waals surface area contributed by atoms with Gasteiger partial charge in [-0.15, -0.1) is 11.8 Å². The lowest BCUT2D eigenvalue weighted by Gasteiger charge is -2.31. The predicted molar refractivity (Wildman–Crippen MR) is 106 cm³/mol. The molecule has 2 aromatic rings. The average molecular weight is 365 g/mol. The fourth-order valence-electron chi connectivity index (χ4n) is 3.86. The van der Waals surface area contributed by atoms with Gasteiger partial charge < -0.3 is 9.80 Å². The summed E-state index contributed by atoms with van der Waals surface area (Å²) in [5, 5.41) is 10.8. The lowest BCUT2D eigenvalue weighted by molar-refractivity contribution is 0.312. The van der Waals surface area contributed by atoms with E-state index in [1.165, 1.54) is 29.5 Å². The van der Waals surface area contributed by atoms with Crippen molar-refractivity contribution in [3.8, 4) is 6.07 Å². The first kappa shape index (κ1) is 17.4. The van der Waals surface area contributed by atoms with E-state index in [4.69, 9.17) is 4.98 Å². The zero-order valence-corrected chi connectivity index (χ0v) is 16.1. The molecule has 4 nitrogen and oxygen atoms in total. The van der Waals surface area contributed by atoms with Crippen molar-refractivity contribution in [2.75, 3.05) is 31.6 Å². The molecule has 1 fully saturated rings. The number of thioether (sulfide) groups is 1. The van der Waals surface area contributed by atoms with Gasteiger partial charge in [0.2, 0.25) is 0 Å². The minimum Gasteiger partial charge on any atom is -0.356 e. The summed E-state index contributed by atoms with van der Waals surface area (Å²) in [6.07, 6.45) is 3.41. The Morgan fingerprint density at radius 3 is 2.62 bits per heavy atom. The number of hydrogen-bond acceptors (Lipinski definition) is 5. The van der Waals surface area contributed by atoms with Gasteiger partial charge in [-0.05, 0) is 37.4 Å². The van der Waals surface area contributed by atoms with Crippen LogP contribution in [0.1, 0.15) is 35.1 Å². The number of likely N-dealkylation sites (N-methyl/N-ethyl adjacent to an activating group) is 1. The number of benzene rings is 1. The van der Waals surface area contributed by atoms with Crippen LogP contribution in [0.2, 0.25) is 0 Å². The number of rotatable bonds is 4. The van der Waals surface area contributed by atoms with Crippen LogP contribution in [0.25, 0.3) is 0 Å². The smallest absolute Gasteiger partial charge is 0.134 e. The number of nitrogens with zero attached hydrogens (tertiary/aromatic N) is 4. The van der Waals surface area contributed by atoms with Crippen LogP contribution in [-0.2, 0) is 18.7 Å². The first-order valence-electron chi connectivity index (χ1n) is 9.32. The zero-order valence-electron chi connectivity index (χ0n) is 15.2. The van der Waals surface area contributed by atoms with Gasteiger partial charge in [-0.25, -0.2) is 4.98 Å². The molecule has 134 valence electrons. The second kappa shape index (κ2) is 7.69. The number of anilines is 1. The van der Waals surface area contributed by atoms with Gasteiger partial charge in [0.15, 0.2) is 0 Å². The highest BCUT2D eigenvalue weighted by molar-refractivity contribution is 7.98. The van der Waals surface area contributed by atoms with Crippen molar-refractivity contribution in [3.63, 3.8) is 0 Å². The number of nitriles is 1. The van der Waals surface area contributed by atoms with E-state index in [1.54, 1.807) is 11.8 Å². The number of aromatic nitrogens is 1. The molecule has 0 saturated carbocycles. The summed E-state index contributed by atoms with van der Waals surface area (Å²) in [6, 6.07) is 12.9. The number of fused-ring (bicyclic) bond motifs is 1. The second-order valence-electron chi connectivity index (χ2n) is 7.14. The maximum absolute atomic E-state index is 9.86. The van der Waals surface area contributed by atoms with Gasteiger partial charge in [0.1, 0.15) is 16.9 Å². The molecule has 0 amide bonds. The quantitative estimate of drug-likeness (QED) is 0.771. The van der Waals surface area contributed by atoms with E-state index in [0.717, 1.165) is 54.8 Å². The third-order valence-electron chi connectivity index (χ3n) is 5.26. The highest BCUT2D eigenvalue weighted by Gasteiger charge is 2.27. The Kier molecular flexibility index (Phi) is 5.14. The summed E-state index contributed by atoms with van der Waals surface area (Å²) in [5.41, 5.74) is 4.58. The van der Waals surface area contributed by atoms with Crippen molar-refractivity contribution in [2.45, 2.75) is 36.6 Å². The third-order valence-corrected chi connectivity index (χ3v) is 6.31. The molecule has 2 aliphatic rings. The van der Waals surface area contributed by atoms with Gasteiger partial charge in [-0.3, -0.25) is 0 Å². The van der Waals surface area contributed by atoms with Crippen LogP contribution in [-0.4, -0.2) is 36.6 Å². The summed E-state index contributed by atoms with van der Waals surface area (Å²) in [4.78, 5) is 9.79. The van der Waals surface area contributed by atoms with Gasteiger partial charge in [0.25, 0.3) is 0 Å². The van der Waals surface area contributed by atoms with Gasteiger partial charge in [-0.2, -0.15) is 5.26 Å². The van der Waals surface area contributed by atoms with Gasteiger partial charge in [0.05, 0.1) is 5.56 Å². The van der Waals surface area contributed by atoms with Gasteiger partial charge in [-0.1, -0.05) is 30.3 Å². The van der Waals surface area contributed by atoms with Crippen LogP contribution in [0.15, 0.2) is 35.4 Å². The highest BCUT2D eigenvalue weighted by atomic mass is 32.2. The molecular formula is C21H24N4S. The van der Waals surface area contributed by atoms with Crippen LogP contribution >= 0.6 is 11.8 Å². The molecule has 1 aromatic carbocycles. The summed E-state index contributed by atoms with van der Waals surface area (Å²) >= 11 is 1.70. The van der Waals surface area contributed by atoms with E-state index in [-0.39, 0.29) is 0 Å². The highest BCUT2D eigenvalue weighted by Crippen LogP contribution is 2.36. The largest absolute Gasteiger partial charge is 0.356 e. The van der Waals surface area contributed by atoms with E-state index >= 15 is 0 Å². The minimum atomic E-state index is 0.803. The molecule has 0 radical (unpaired) electrons. The Balaban J connectivity index is 1.73. The van der Waals surface area contributed by atoms with E-state index < -0.39 is 0 Å². The molecule has 0 atom stereocenters. The molecule has 26 heavy (non-hydrogen) atoms. The van der Waals surface area contributed by atoms with Gasteiger partial charge in [0, 0.05) is 37.5 Å². The monoisotopic (exact) mass is 364 g/mol. The van der Waals surface area contributed by atoms with E-state index in [1.807, 2.05) is 6.07 Å². The van der Waals surface area contributed by atoms with Crippen molar-refractivity contribution in [1.82, 2.24) is 9.88 Å². The normalized spacial score (nSPS) is 17.2. The molecule has 4 rings (SSSR count). The third kappa shape index (κ3) is 3.44. The van der Waals surface area contributed by atoms with E-state index in [0.29, 0.717) is 0 Å². The first-order valence-corrected chi connectivity index (χ1v) is 10.3. The molecule has 0 unspecified atom stereocenters. The summed E-state index contributed by atoms with van der Waals surface area (Å²) in [7, 11) is 2.15. The molecule has 0 N–H and O–H groups in total. The van der Waals surface area contributed by atoms with Crippen LogP contribution in [0.5, 0.6) is 0 Å². The van der Waals surface area contributed by atoms with Crippen molar-refractivity contribution in [1.29, 1.82) is 5.26 Å². The average Bonchev–Trinajstić information content (AvgIpc) is 3.20. The first-order chi connectivity index (χ1) is 12.8. The van der Waals surface area contributed by atoms with E-state index in [2.05, 4.69) is 47.2 Å². The van der Waals surface area contributed by atoms with Crippen LogP contribution in [0, 0.1) is 11.3 Å². The predicted octanol–water partition coefficient (Wildman–Crippen LogP) is 3.83. The molecule has 0 spiro atoms.